The lowest BCUT2D eigenvalue weighted by molar-refractivity contribution is 0.0520. The summed E-state index contributed by atoms with van der Waals surface area (Å²) < 4.78 is 6.44. The monoisotopic (exact) mass is 353 g/mol. The average molecular weight is 353 g/mol. The largest absolute Gasteiger partial charge is 0.461 e. The van der Waals surface area contributed by atoms with Gasteiger partial charge in [-0.25, -0.2) is 4.79 Å². The molecule has 0 radical (unpaired) electrons. The van der Waals surface area contributed by atoms with Gasteiger partial charge in [-0.15, -0.1) is 0 Å². The highest BCUT2D eigenvalue weighted by molar-refractivity contribution is 6.00. The Balaban J connectivity index is 2.28. The molecule has 3 aromatic heterocycles. The number of nitrogens with zero attached hydrogens (tertiary/aromatic N) is 2. The molecule has 0 bridgehead atoms. The minimum absolute atomic E-state index is 0.189. The lowest BCUT2D eigenvalue weighted by Gasteiger charge is -2.10. The summed E-state index contributed by atoms with van der Waals surface area (Å²) in [6.45, 7) is 1.77. The summed E-state index contributed by atoms with van der Waals surface area (Å²) in [7, 11) is 1.63. The molecule has 0 atom stereocenters. The number of aliphatic hydroxyl groups is 1. The number of aromatic nitrogens is 3. The summed E-state index contributed by atoms with van der Waals surface area (Å²) in [5, 5.41) is 10.0. The molecule has 3 heterocycles. The van der Waals surface area contributed by atoms with Gasteiger partial charge in [-0.1, -0.05) is 6.07 Å². The van der Waals surface area contributed by atoms with Crippen molar-refractivity contribution in [3.8, 4) is 0 Å². The van der Waals surface area contributed by atoms with Crippen molar-refractivity contribution in [1.29, 1.82) is 0 Å². The Labute approximate surface area is 149 Å². The summed E-state index contributed by atoms with van der Waals surface area (Å²) in [6.07, 6.45) is 4.95. The van der Waals surface area contributed by atoms with E-state index in [1.54, 1.807) is 44.6 Å². The minimum atomic E-state index is -0.526. The van der Waals surface area contributed by atoms with E-state index in [1.165, 1.54) is 4.57 Å². The van der Waals surface area contributed by atoms with Crippen LogP contribution in [0.1, 0.15) is 28.7 Å². The second-order valence-corrected chi connectivity index (χ2v) is 5.67. The van der Waals surface area contributed by atoms with Crippen molar-refractivity contribution in [3.05, 3.63) is 70.0 Å². The molecule has 7 nitrogen and oxygen atoms in total. The topological polar surface area (TPSA) is 97.2 Å². The molecule has 0 aromatic carbocycles. The summed E-state index contributed by atoms with van der Waals surface area (Å²) in [6, 6.07) is 7.05. The Morgan fingerprint density at radius 2 is 2.23 bits per heavy atom. The lowest BCUT2D eigenvalue weighted by Crippen LogP contribution is -2.17. The number of fused-ring (bicyclic) bond motifs is 1. The number of aliphatic hydroxyl groups excluding tert-OH is 1. The number of esters is 1. The summed E-state index contributed by atoms with van der Waals surface area (Å²) >= 11 is 0. The Kier molecular flexibility index (Phi) is 4.99. The molecule has 0 amide bonds. The number of pyridine rings is 2. The number of H-pyrrole nitrogens is 1. The number of aryl methyl sites for hydroxylation is 1. The van der Waals surface area contributed by atoms with Crippen molar-refractivity contribution in [2.24, 2.45) is 7.05 Å². The van der Waals surface area contributed by atoms with Crippen LogP contribution >= 0.6 is 0 Å². The molecule has 0 fully saturated rings. The number of rotatable bonds is 5. The maximum Gasteiger partial charge on any atom is 0.354 e. The van der Waals surface area contributed by atoms with E-state index in [2.05, 4.69) is 9.97 Å². The van der Waals surface area contributed by atoms with Crippen LogP contribution in [0.2, 0.25) is 0 Å². The first kappa shape index (κ1) is 17.6. The minimum Gasteiger partial charge on any atom is -0.461 e. The number of hydrogen-bond acceptors (Lipinski definition) is 5. The Hall–Kier alpha value is -3.19. The third-order valence-corrected chi connectivity index (χ3v) is 3.99. The first-order valence-electron chi connectivity index (χ1n) is 8.19. The third kappa shape index (κ3) is 3.16. The van der Waals surface area contributed by atoms with E-state index in [-0.39, 0.29) is 24.5 Å². The van der Waals surface area contributed by atoms with Crippen LogP contribution in [-0.2, 0) is 11.8 Å². The summed E-state index contributed by atoms with van der Waals surface area (Å²) in [5.41, 5.74) is 2.25. The van der Waals surface area contributed by atoms with Crippen molar-refractivity contribution in [2.75, 3.05) is 13.2 Å². The zero-order chi connectivity index (χ0) is 18.7. The molecule has 134 valence electrons. The number of aromatic amines is 1. The number of nitrogens with one attached hydrogen (secondary N) is 1. The number of carbonyl (C=O) groups is 1. The normalized spacial score (nSPS) is 11.7. The van der Waals surface area contributed by atoms with Crippen LogP contribution in [0.15, 0.2) is 47.5 Å². The van der Waals surface area contributed by atoms with Gasteiger partial charge >= 0.3 is 5.97 Å². The maximum atomic E-state index is 12.5. The van der Waals surface area contributed by atoms with E-state index in [0.29, 0.717) is 27.7 Å². The lowest BCUT2D eigenvalue weighted by atomic mass is 10.00. The van der Waals surface area contributed by atoms with E-state index < -0.39 is 5.97 Å². The van der Waals surface area contributed by atoms with Gasteiger partial charge in [-0.05, 0) is 31.2 Å². The zero-order valence-electron chi connectivity index (χ0n) is 14.5. The van der Waals surface area contributed by atoms with E-state index in [0.717, 1.165) is 0 Å². The molecule has 0 aliphatic rings. The predicted octanol–water partition coefficient (Wildman–Crippen LogP) is 1.86. The SMILES string of the molecule is CCOC(=O)c1cc2c(/C(=C\CO)c3ccccn3)cn(C)c(=O)c2[nH]1. The first-order valence-corrected chi connectivity index (χ1v) is 8.19. The van der Waals surface area contributed by atoms with Gasteiger partial charge in [-0.3, -0.25) is 9.78 Å². The van der Waals surface area contributed by atoms with Crippen LogP contribution in [0, 0.1) is 0 Å². The molecular weight excluding hydrogens is 334 g/mol. The molecule has 7 heteroatoms. The van der Waals surface area contributed by atoms with Crippen LogP contribution in [-0.4, -0.2) is 38.8 Å². The molecule has 0 spiro atoms. The highest BCUT2D eigenvalue weighted by Gasteiger charge is 2.18. The molecule has 2 N–H and O–H groups in total. The van der Waals surface area contributed by atoms with Crippen molar-refractivity contribution < 1.29 is 14.6 Å². The molecule has 0 unspecified atom stereocenters. The van der Waals surface area contributed by atoms with Crippen molar-refractivity contribution in [3.63, 3.8) is 0 Å². The summed E-state index contributed by atoms with van der Waals surface area (Å²) in [4.78, 5) is 31.7. The van der Waals surface area contributed by atoms with Gasteiger partial charge in [-0.2, -0.15) is 0 Å². The second kappa shape index (κ2) is 7.37. The fourth-order valence-corrected chi connectivity index (χ4v) is 2.83. The smallest absolute Gasteiger partial charge is 0.354 e. The fourth-order valence-electron chi connectivity index (χ4n) is 2.83. The predicted molar refractivity (Wildman–Crippen MR) is 97.9 cm³/mol. The van der Waals surface area contributed by atoms with Gasteiger partial charge in [0, 0.05) is 36.0 Å². The Bertz CT molecular complexity index is 1030. The molecule has 0 saturated heterocycles. The van der Waals surface area contributed by atoms with Crippen LogP contribution in [0.4, 0.5) is 0 Å². The molecule has 3 rings (SSSR count). The molecular formula is C19H19N3O4. The maximum absolute atomic E-state index is 12.5. The fraction of sp³-hybridized carbons (Fsp3) is 0.211. The molecule has 26 heavy (non-hydrogen) atoms. The van der Waals surface area contributed by atoms with Gasteiger partial charge in [0.1, 0.15) is 11.2 Å². The van der Waals surface area contributed by atoms with E-state index in [4.69, 9.17) is 4.74 Å². The Morgan fingerprint density at radius 1 is 1.42 bits per heavy atom. The van der Waals surface area contributed by atoms with Crippen molar-refractivity contribution >= 4 is 22.4 Å². The number of carbonyl (C=O) groups excluding carboxylic acids is 1. The number of ether oxygens (including phenoxy) is 1. The molecule has 3 aromatic rings. The van der Waals surface area contributed by atoms with E-state index in [9.17, 15) is 14.7 Å². The zero-order valence-corrected chi connectivity index (χ0v) is 14.5. The van der Waals surface area contributed by atoms with Gasteiger partial charge < -0.3 is 19.4 Å². The van der Waals surface area contributed by atoms with Gasteiger partial charge in [0.05, 0.1) is 18.9 Å². The third-order valence-electron chi connectivity index (χ3n) is 3.99. The van der Waals surface area contributed by atoms with Gasteiger partial charge in [0.25, 0.3) is 5.56 Å². The van der Waals surface area contributed by atoms with Crippen molar-refractivity contribution in [1.82, 2.24) is 14.5 Å². The highest BCUT2D eigenvalue weighted by Crippen LogP contribution is 2.28. The summed E-state index contributed by atoms with van der Waals surface area (Å²) in [5.74, 6) is -0.526. The molecule has 0 aliphatic heterocycles. The quantitative estimate of drug-likeness (QED) is 0.683. The standard InChI is InChI=1S/C19H19N3O4/c1-3-26-19(25)16-10-13-14(11-22(2)18(24)17(13)21-16)12(7-9-23)15-6-4-5-8-20-15/h4-8,10-11,21,23H,3,9H2,1-2H3/b12-7+. The highest BCUT2D eigenvalue weighted by atomic mass is 16.5. The van der Waals surface area contributed by atoms with Crippen LogP contribution in [0.5, 0.6) is 0 Å². The number of hydrogen-bond donors (Lipinski definition) is 2. The van der Waals surface area contributed by atoms with Crippen molar-refractivity contribution in [2.45, 2.75) is 6.92 Å². The van der Waals surface area contributed by atoms with Gasteiger partial charge in [0.2, 0.25) is 0 Å². The Morgan fingerprint density at radius 3 is 2.88 bits per heavy atom. The molecule has 0 saturated carbocycles. The van der Waals surface area contributed by atoms with Gasteiger partial charge in [0.15, 0.2) is 0 Å². The second-order valence-electron chi connectivity index (χ2n) is 5.67. The van der Waals surface area contributed by atoms with E-state index in [1.807, 2.05) is 12.1 Å². The molecule has 0 aliphatic carbocycles. The van der Waals surface area contributed by atoms with Crippen LogP contribution < -0.4 is 5.56 Å². The van der Waals surface area contributed by atoms with E-state index >= 15 is 0 Å². The first-order chi connectivity index (χ1) is 12.6. The van der Waals surface area contributed by atoms with Crippen LogP contribution in [0.25, 0.3) is 16.5 Å². The van der Waals surface area contributed by atoms with Crippen LogP contribution in [0.3, 0.4) is 0 Å². The average Bonchev–Trinajstić information content (AvgIpc) is 3.10.